The van der Waals surface area contributed by atoms with Crippen LogP contribution in [0.4, 0.5) is 0 Å². The summed E-state index contributed by atoms with van der Waals surface area (Å²) in [5.74, 6) is 1.13. The number of carbonyl (C=O) groups excluding carboxylic acids is 1. The Morgan fingerprint density at radius 2 is 2.09 bits per heavy atom. The zero-order chi connectivity index (χ0) is 15.7. The predicted octanol–water partition coefficient (Wildman–Crippen LogP) is 4.42. The van der Waals surface area contributed by atoms with Crippen molar-refractivity contribution in [3.8, 4) is 5.69 Å². The Bertz CT molecular complexity index is 693. The number of rotatable bonds is 5. The van der Waals surface area contributed by atoms with Gasteiger partial charge in [-0.2, -0.15) is 0 Å². The molecule has 1 heterocycles. The van der Waals surface area contributed by atoms with E-state index in [1.54, 1.807) is 6.92 Å². The van der Waals surface area contributed by atoms with Crippen LogP contribution in [0.2, 0.25) is 5.02 Å². The highest BCUT2D eigenvalue weighted by Gasteiger charge is 2.28. The van der Waals surface area contributed by atoms with Gasteiger partial charge in [0.1, 0.15) is 10.4 Å². The van der Waals surface area contributed by atoms with E-state index >= 15 is 0 Å². The van der Waals surface area contributed by atoms with Gasteiger partial charge in [0.25, 0.3) is 0 Å². The van der Waals surface area contributed by atoms with Gasteiger partial charge >= 0.3 is 5.97 Å². The largest absolute Gasteiger partial charge is 0.461 e. The average molecular weight is 384 g/mol. The van der Waals surface area contributed by atoms with Gasteiger partial charge in [-0.3, -0.25) is 4.57 Å². The second-order valence-electron chi connectivity index (χ2n) is 5.35. The molecule has 22 heavy (non-hydrogen) atoms. The highest BCUT2D eigenvalue weighted by molar-refractivity contribution is 9.10. The van der Waals surface area contributed by atoms with Gasteiger partial charge in [-0.15, -0.1) is 0 Å². The van der Waals surface area contributed by atoms with E-state index < -0.39 is 5.97 Å². The first-order chi connectivity index (χ1) is 10.6. The third-order valence-corrected chi connectivity index (χ3v) is 4.59. The Balaban J connectivity index is 2.04. The van der Waals surface area contributed by atoms with E-state index in [9.17, 15) is 4.79 Å². The third kappa shape index (κ3) is 3.20. The third-order valence-electron chi connectivity index (χ3n) is 3.61. The van der Waals surface area contributed by atoms with Crippen molar-refractivity contribution >= 4 is 33.5 Å². The highest BCUT2D eigenvalue weighted by Crippen LogP contribution is 2.35. The number of hydrogen-bond donors (Lipinski definition) is 0. The van der Waals surface area contributed by atoms with Crippen LogP contribution in [0.15, 0.2) is 28.9 Å². The SMILES string of the molecule is CCOC(=O)c1nc(CC2CC2)n(-c2ccc(Cl)cc2)c1Br. The van der Waals surface area contributed by atoms with E-state index in [1.165, 1.54) is 12.8 Å². The standard InChI is InChI=1S/C16H16BrClN2O2/c1-2-22-16(21)14-15(17)20(12-7-5-11(18)6-8-12)13(19-14)9-10-3-4-10/h5-8,10H,2-4,9H2,1H3. The van der Waals surface area contributed by atoms with Crippen molar-refractivity contribution in [3.63, 3.8) is 0 Å². The fourth-order valence-electron chi connectivity index (χ4n) is 2.34. The normalized spacial score (nSPS) is 14.1. The molecule has 1 aromatic carbocycles. The average Bonchev–Trinajstić information content (AvgIpc) is 3.24. The molecule has 1 aliphatic carbocycles. The van der Waals surface area contributed by atoms with Crippen LogP contribution in [-0.2, 0) is 11.2 Å². The Kier molecular flexibility index (Phi) is 4.54. The maximum absolute atomic E-state index is 12.1. The van der Waals surface area contributed by atoms with Gasteiger partial charge in [0.05, 0.1) is 6.61 Å². The number of halogens is 2. The van der Waals surface area contributed by atoms with Crippen molar-refractivity contribution in [1.29, 1.82) is 0 Å². The summed E-state index contributed by atoms with van der Waals surface area (Å²) in [6.45, 7) is 2.12. The van der Waals surface area contributed by atoms with Crippen LogP contribution < -0.4 is 0 Å². The van der Waals surface area contributed by atoms with E-state index in [0.717, 1.165) is 17.9 Å². The minimum absolute atomic E-state index is 0.326. The molecular weight excluding hydrogens is 368 g/mol. The molecule has 0 saturated heterocycles. The molecule has 1 fully saturated rings. The minimum atomic E-state index is -0.404. The summed E-state index contributed by atoms with van der Waals surface area (Å²) in [5, 5.41) is 0.675. The van der Waals surface area contributed by atoms with Gasteiger partial charge in [-0.25, -0.2) is 9.78 Å². The molecule has 6 heteroatoms. The van der Waals surface area contributed by atoms with Gasteiger partial charge in [0, 0.05) is 17.1 Å². The van der Waals surface area contributed by atoms with Crippen LogP contribution in [0.5, 0.6) is 0 Å². The van der Waals surface area contributed by atoms with E-state index in [1.807, 2.05) is 28.8 Å². The molecule has 3 rings (SSSR count). The molecule has 4 nitrogen and oxygen atoms in total. The molecule has 0 atom stereocenters. The van der Waals surface area contributed by atoms with Crippen molar-refractivity contribution in [3.05, 3.63) is 45.4 Å². The number of carbonyl (C=O) groups is 1. The van der Waals surface area contributed by atoms with E-state index in [-0.39, 0.29) is 0 Å². The molecule has 0 spiro atoms. The Morgan fingerprint density at radius 3 is 2.68 bits per heavy atom. The number of ether oxygens (including phenoxy) is 1. The fourth-order valence-corrected chi connectivity index (χ4v) is 3.13. The summed E-state index contributed by atoms with van der Waals surface area (Å²) in [7, 11) is 0. The highest BCUT2D eigenvalue weighted by atomic mass is 79.9. The summed E-state index contributed by atoms with van der Waals surface area (Å²) in [5.41, 5.74) is 1.25. The Hall–Kier alpha value is -1.33. The van der Waals surface area contributed by atoms with Gasteiger partial charge in [0.2, 0.25) is 0 Å². The predicted molar refractivity (Wildman–Crippen MR) is 88.7 cm³/mol. The summed E-state index contributed by atoms with van der Waals surface area (Å²) >= 11 is 9.46. The number of aromatic nitrogens is 2. The smallest absolute Gasteiger partial charge is 0.359 e. The number of nitrogens with zero attached hydrogens (tertiary/aromatic N) is 2. The van der Waals surface area contributed by atoms with Gasteiger partial charge in [-0.1, -0.05) is 11.6 Å². The van der Waals surface area contributed by atoms with Crippen molar-refractivity contribution in [2.45, 2.75) is 26.2 Å². The lowest BCUT2D eigenvalue weighted by Crippen LogP contribution is -2.06. The molecule has 1 aromatic heterocycles. The molecule has 1 aliphatic rings. The van der Waals surface area contributed by atoms with Crippen LogP contribution in [0.1, 0.15) is 36.1 Å². The van der Waals surface area contributed by atoms with Crippen LogP contribution in [0.3, 0.4) is 0 Å². The van der Waals surface area contributed by atoms with Crippen molar-refractivity contribution in [2.24, 2.45) is 5.92 Å². The monoisotopic (exact) mass is 382 g/mol. The van der Waals surface area contributed by atoms with Gasteiger partial charge in [-0.05, 0) is 65.9 Å². The lowest BCUT2D eigenvalue weighted by Gasteiger charge is -2.09. The topological polar surface area (TPSA) is 44.1 Å². The molecule has 0 radical (unpaired) electrons. The molecule has 0 unspecified atom stereocenters. The van der Waals surface area contributed by atoms with Gasteiger partial charge < -0.3 is 4.74 Å². The van der Waals surface area contributed by atoms with Crippen LogP contribution in [-0.4, -0.2) is 22.1 Å². The number of imidazole rings is 1. The molecule has 1 saturated carbocycles. The number of hydrogen-bond acceptors (Lipinski definition) is 3. The first-order valence-corrected chi connectivity index (χ1v) is 8.47. The second kappa shape index (κ2) is 6.42. The second-order valence-corrected chi connectivity index (χ2v) is 6.53. The van der Waals surface area contributed by atoms with Crippen molar-refractivity contribution in [2.75, 3.05) is 6.61 Å². The molecule has 0 amide bonds. The van der Waals surface area contributed by atoms with Crippen LogP contribution in [0.25, 0.3) is 5.69 Å². The lowest BCUT2D eigenvalue weighted by atomic mass is 10.2. The Labute approximate surface area is 142 Å². The zero-order valence-electron chi connectivity index (χ0n) is 12.2. The van der Waals surface area contributed by atoms with Crippen LogP contribution >= 0.6 is 27.5 Å². The van der Waals surface area contributed by atoms with E-state index in [4.69, 9.17) is 16.3 Å². The summed E-state index contributed by atoms with van der Waals surface area (Å²) in [6.07, 6.45) is 3.31. The quantitative estimate of drug-likeness (QED) is 0.718. The molecule has 0 N–H and O–H groups in total. The zero-order valence-corrected chi connectivity index (χ0v) is 14.5. The van der Waals surface area contributed by atoms with Gasteiger partial charge in [0.15, 0.2) is 5.69 Å². The number of esters is 1. The lowest BCUT2D eigenvalue weighted by molar-refractivity contribution is 0.0518. The number of benzene rings is 1. The minimum Gasteiger partial charge on any atom is -0.461 e. The fraction of sp³-hybridized carbons (Fsp3) is 0.375. The first-order valence-electron chi connectivity index (χ1n) is 7.30. The maximum atomic E-state index is 12.1. The first kappa shape index (κ1) is 15.6. The van der Waals surface area contributed by atoms with Crippen molar-refractivity contribution < 1.29 is 9.53 Å². The molecule has 2 aromatic rings. The molecule has 0 bridgehead atoms. The van der Waals surface area contributed by atoms with Crippen LogP contribution in [0, 0.1) is 5.92 Å². The summed E-state index contributed by atoms with van der Waals surface area (Å²) in [6, 6.07) is 7.49. The molecular formula is C16H16BrClN2O2. The van der Waals surface area contributed by atoms with E-state index in [2.05, 4.69) is 20.9 Å². The maximum Gasteiger partial charge on any atom is 0.359 e. The van der Waals surface area contributed by atoms with E-state index in [0.29, 0.717) is 27.8 Å². The Morgan fingerprint density at radius 1 is 1.41 bits per heavy atom. The molecule has 0 aliphatic heterocycles. The molecule has 116 valence electrons. The summed E-state index contributed by atoms with van der Waals surface area (Å²) in [4.78, 5) is 16.6. The van der Waals surface area contributed by atoms with Crippen molar-refractivity contribution in [1.82, 2.24) is 9.55 Å². The summed E-state index contributed by atoms with van der Waals surface area (Å²) < 4.78 is 7.67.